The number of aromatic amines is 1. The summed E-state index contributed by atoms with van der Waals surface area (Å²) in [5, 5.41) is 0.671. The van der Waals surface area contributed by atoms with Crippen LogP contribution in [0.5, 0.6) is 5.75 Å². The van der Waals surface area contributed by atoms with Gasteiger partial charge in [0.1, 0.15) is 11.4 Å². The summed E-state index contributed by atoms with van der Waals surface area (Å²) >= 11 is 0. The van der Waals surface area contributed by atoms with Crippen LogP contribution in [0.4, 0.5) is 0 Å². The zero-order chi connectivity index (χ0) is 14.0. The summed E-state index contributed by atoms with van der Waals surface area (Å²) in [5.74, 6) is -0.256. The van der Waals surface area contributed by atoms with Gasteiger partial charge >= 0.3 is 16.1 Å². The van der Waals surface area contributed by atoms with E-state index < -0.39 is 16.1 Å². The second-order valence-electron chi connectivity index (χ2n) is 3.94. The van der Waals surface area contributed by atoms with Crippen LogP contribution in [0, 0.1) is 0 Å². The van der Waals surface area contributed by atoms with Crippen LogP contribution < -0.4 is 4.18 Å². The molecule has 0 saturated carbocycles. The minimum absolute atomic E-state index is 0.199. The fraction of sp³-hybridized carbons (Fsp3) is 0.250. The number of fused-ring (bicyclic) bond motifs is 1. The van der Waals surface area contributed by atoms with Crippen molar-refractivity contribution in [3.63, 3.8) is 0 Å². The molecule has 0 fully saturated rings. The molecular weight excluding hydrogens is 270 g/mol. The third kappa shape index (κ3) is 3.25. The summed E-state index contributed by atoms with van der Waals surface area (Å²) < 4.78 is 31.7. The minimum Gasteiger partial charge on any atom is -0.461 e. The highest BCUT2D eigenvalue weighted by molar-refractivity contribution is 7.86. The molecule has 7 heteroatoms. The first-order valence-electron chi connectivity index (χ1n) is 5.58. The van der Waals surface area contributed by atoms with E-state index in [1.807, 2.05) is 0 Å². The van der Waals surface area contributed by atoms with Gasteiger partial charge in [-0.25, -0.2) is 4.79 Å². The van der Waals surface area contributed by atoms with E-state index in [-0.39, 0.29) is 12.4 Å². The maximum Gasteiger partial charge on any atom is 0.354 e. The average Bonchev–Trinajstić information content (AvgIpc) is 2.70. The summed E-state index contributed by atoms with van der Waals surface area (Å²) in [6, 6.07) is 6.27. The van der Waals surface area contributed by atoms with Crippen LogP contribution in [0.1, 0.15) is 17.4 Å². The molecule has 2 rings (SSSR count). The molecule has 0 aliphatic carbocycles. The van der Waals surface area contributed by atoms with E-state index in [0.717, 1.165) is 6.26 Å². The molecule has 6 nitrogen and oxygen atoms in total. The molecule has 1 aromatic carbocycles. The Balaban J connectivity index is 2.36. The Bertz CT molecular complexity index is 717. The molecule has 2 aromatic rings. The van der Waals surface area contributed by atoms with E-state index in [9.17, 15) is 13.2 Å². The SMILES string of the molecule is CCOC(=O)c1cc2cc(OS(C)(=O)=O)ccc2[nH]1. The predicted octanol–water partition coefficient (Wildman–Crippen LogP) is 1.68. The predicted molar refractivity (Wildman–Crippen MR) is 69.7 cm³/mol. The van der Waals surface area contributed by atoms with Gasteiger partial charge < -0.3 is 13.9 Å². The van der Waals surface area contributed by atoms with Gasteiger partial charge in [-0.15, -0.1) is 0 Å². The molecule has 0 radical (unpaired) electrons. The molecular formula is C12H13NO5S. The molecule has 1 aromatic heterocycles. The van der Waals surface area contributed by atoms with E-state index in [0.29, 0.717) is 16.6 Å². The fourth-order valence-corrected chi connectivity index (χ4v) is 2.11. The highest BCUT2D eigenvalue weighted by atomic mass is 32.2. The molecule has 0 bridgehead atoms. The lowest BCUT2D eigenvalue weighted by atomic mass is 10.2. The molecule has 19 heavy (non-hydrogen) atoms. The lowest BCUT2D eigenvalue weighted by molar-refractivity contribution is 0.0520. The van der Waals surface area contributed by atoms with Gasteiger partial charge in [0.2, 0.25) is 0 Å². The summed E-state index contributed by atoms with van der Waals surface area (Å²) in [5.41, 5.74) is 1.01. The Morgan fingerprint density at radius 2 is 2.05 bits per heavy atom. The van der Waals surface area contributed by atoms with Crippen molar-refractivity contribution in [1.29, 1.82) is 0 Å². The van der Waals surface area contributed by atoms with Crippen LogP contribution in [0.3, 0.4) is 0 Å². The van der Waals surface area contributed by atoms with Crippen LogP contribution in [0.2, 0.25) is 0 Å². The number of hydrogen-bond acceptors (Lipinski definition) is 5. The molecule has 0 unspecified atom stereocenters. The fourth-order valence-electron chi connectivity index (χ4n) is 1.66. The number of benzene rings is 1. The maximum absolute atomic E-state index is 11.5. The third-order valence-electron chi connectivity index (χ3n) is 2.34. The lowest BCUT2D eigenvalue weighted by Crippen LogP contribution is -2.05. The molecule has 0 saturated heterocycles. The minimum atomic E-state index is -3.57. The zero-order valence-corrected chi connectivity index (χ0v) is 11.3. The van der Waals surface area contributed by atoms with E-state index in [2.05, 4.69) is 4.98 Å². The van der Waals surface area contributed by atoms with Crippen molar-refractivity contribution in [2.45, 2.75) is 6.92 Å². The van der Waals surface area contributed by atoms with E-state index >= 15 is 0 Å². The molecule has 0 spiro atoms. The highest BCUT2D eigenvalue weighted by Gasteiger charge is 2.11. The normalized spacial score (nSPS) is 11.5. The quantitative estimate of drug-likeness (QED) is 0.681. The highest BCUT2D eigenvalue weighted by Crippen LogP contribution is 2.22. The van der Waals surface area contributed by atoms with Gasteiger partial charge in [-0.05, 0) is 31.2 Å². The van der Waals surface area contributed by atoms with Crippen molar-refractivity contribution >= 4 is 27.0 Å². The Morgan fingerprint density at radius 1 is 1.32 bits per heavy atom. The van der Waals surface area contributed by atoms with Gasteiger partial charge in [-0.3, -0.25) is 0 Å². The van der Waals surface area contributed by atoms with Gasteiger partial charge in [0, 0.05) is 10.9 Å². The van der Waals surface area contributed by atoms with Crippen molar-refractivity contribution in [2.75, 3.05) is 12.9 Å². The number of esters is 1. The number of ether oxygens (including phenoxy) is 1. The van der Waals surface area contributed by atoms with Crippen molar-refractivity contribution < 1.29 is 22.1 Å². The standard InChI is InChI=1S/C12H13NO5S/c1-3-17-12(14)11-7-8-6-9(18-19(2,15)16)4-5-10(8)13-11/h4-7,13H,3H2,1-2H3. The van der Waals surface area contributed by atoms with Crippen LogP contribution in [-0.2, 0) is 14.9 Å². The molecule has 0 atom stereocenters. The number of carbonyl (C=O) groups is 1. The summed E-state index contributed by atoms with van der Waals surface area (Å²) in [4.78, 5) is 14.4. The first-order valence-corrected chi connectivity index (χ1v) is 7.40. The van der Waals surface area contributed by atoms with Crippen LogP contribution in [0.15, 0.2) is 24.3 Å². The number of nitrogens with one attached hydrogen (secondary N) is 1. The third-order valence-corrected chi connectivity index (χ3v) is 2.83. The van der Waals surface area contributed by atoms with Crippen LogP contribution >= 0.6 is 0 Å². The van der Waals surface area contributed by atoms with E-state index in [1.165, 1.54) is 12.1 Å². The molecule has 0 aliphatic heterocycles. The number of rotatable bonds is 4. The molecule has 102 valence electrons. The summed E-state index contributed by atoms with van der Waals surface area (Å²) in [6.45, 7) is 2.01. The largest absolute Gasteiger partial charge is 0.461 e. The van der Waals surface area contributed by atoms with Gasteiger partial charge in [0.25, 0.3) is 0 Å². The number of H-pyrrole nitrogens is 1. The second-order valence-corrected chi connectivity index (χ2v) is 5.51. The monoisotopic (exact) mass is 283 g/mol. The van der Waals surface area contributed by atoms with Gasteiger partial charge in [-0.2, -0.15) is 8.42 Å². The Morgan fingerprint density at radius 3 is 2.68 bits per heavy atom. The molecule has 1 N–H and O–H groups in total. The first kappa shape index (κ1) is 13.4. The topological polar surface area (TPSA) is 85.5 Å². The maximum atomic E-state index is 11.5. The number of carbonyl (C=O) groups excluding carboxylic acids is 1. The first-order chi connectivity index (χ1) is 8.89. The Labute approximate surface area is 110 Å². The molecule has 0 aliphatic rings. The van der Waals surface area contributed by atoms with E-state index in [1.54, 1.807) is 19.1 Å². The van der Waals surface area contributed by atoms with Crippen LogP contribution in [0.25, 0.3) is 10.9 Å². The lowest BCUT2D eigenvalue weighted by Gasteiger charge is -2.01. The number of aromatic nitrogens is 1. The molecule has 0 amide bonds. The Hall–Kier alpha value is -2.02. The van der Waals surface area contributed by atoms with Crippen molar-refractivity contribution in [2.24, 2.45) is 0 Å². The Kier molecular flexibility index (Phi) is 3.48. The van der Waals surface area contributed by atoms with Gasteiger partial charge in [0.05, 0.1) is 12.9 Å². The summed E-state index contributed by atoms with van der Waals surface area (Å²) in [6.07, 6.45) is 0.971. The average molecular weight is 283 g/mol. The van der Waals surface area contributed by atoms with Gasteiger partial charge in [-0.1, -0.05) is 0 Å². The smallest absolute Gasteiger partial charge is 0.354 e. The van der Waals surface area contributed by atoms with Crippen molar-refractivity contribution in [1.82, 2.24) is 4.98 Å². The van der Waals surface area contributed by atoms with Crippen molar-refractivity contribution in [3.05, 3.63) is 30.0 Å². The zero-order valence-electron chi connectivity index (χ0n) is 10.5. The summed E-state index contributed by atoms with van der Waals surface area (Å²) in [7, 11) is -3.57. The van der Waals surface area contributed by atoms with Crippen LogP contribution in [-0.4, -0.2) is 32.2 Å². The van der Waals surface area contributed by atoms with Gasteiger partial charge in [0.15, 0.2) is 0 Å². The van der Waals surface area contributed by atoms with Crippen molar-refractivity contribution in [3.8, 4) is 5.75 Å². The number of hydrogen-bond donors (Lipinski definition) is 1. The second kappa shape index (κ2) is 4.93. The molecule has 1 heterocycles. The van der Waals surface area contributed by atoms with E-state index in [4.69, 9.17) is 8.92 Å².